The normalized spacial score (nSPS) is 12.5. The van der Waals surface area contributed by atoms with Gasteiger partial charge in [-0.2, -0.15) is 0 Å². The fraction of sp³-hybridized carbons (Fsp3) is 0.571. The third-order valence-corrected chi connectivity index (χ3v) is 3.11. The molecule has 0 bridgehead atoms. The summed E-state index contributed by atoms with van der Waals surface area (Å²) in [5, 5.41) is 3.25. The summed E-state index contributed by atoms with van der Waals surface area (Å²) in [6.07, 6.45) is 2.50. The Morgan fingerprint density at radius 3 is 2.38 bits per heavy atom. The van der Waals surface area contributed by atoms with E-state index < -0.39 is 0 Å². The zero-order valence-electron chi connectivity index (χ0n) is 11.0. The molecule has 0 aliphatic rings. The average molecular weight is 220 g/mol. The molecule has 0 radical (unpaired) electrons. The van der Waals surface area contributed by atoms with Crippen LogP contribution in [0, 0.1) is 0 Å². The zero-order valence-corrected chi connectivity index (χ0v) is 11.0. The Balaban J connectivity index is 2.63. The largest absolute Gasteiger partial charge is 0.375 e. The molecule has 16 heavy (non-hydrogen) atoms. The smallest absolute Gasteiger partial charge is 0.0363 e. The standard InChI is InChI=1S/C14H24N2/c1-5-6-11-16(4)14-9-7-13(8-10-14)12(2)15-3/h7-10,12,15H,5-6,11H2,1-4H3. The van der Waals surface area contributed by atoms with Gasteiger partial charge in [0.25, 0.3) is 0 Å². The quantitative estimate of drug-likeness (QED) is 0.792. The van der Waals surface area contributed by atoms with Crippen LogP contribution in [0.15, 0.2) is 24.3 Å². The highest BCUT2D eigenvalue weighted by Gasteiger charge is 2.03. The first-order valence-electron chi connectivity index (χ1n) is 6.17. The number of nitrogens with one attached hydrogen (secondary N) is 1. The highest BCUT2D eigenvalue weighted by Crippen LogP contribution is 2.18. The van der Waals surface area contributed by atoms with E-state index in [1.165, 1.54) is 24.1 Å². The Bertz CT molecular complexity index is 292. The Labute approximate surface area is 99.7 Å². The molecule has 2 nitrogen and oxygen atoms in total. The summed E-state index contributed by atoms with van der Waals surface area (Å²) < 4.78 is 0. The minimum atomic E-state index is 0.426. The minimum absolute atomic E-state index is 0.426. The van der Waals surface area contributed by atoms with Crippen LogP contribution in [0.2, 0.25) is 0 Å². The lowest BCUT2D eigenvalue weighted by atomic mass is 10.1. The highest BCUT2D eigenvalue weighted by molar-refractivity contribution is 5.47. The molecular formula is C14H24N2. The summed E-state index contributed by atoms with van der Waals surface area (Å²) in [6, 6.07) is 9.25. The van der Waals surface area contributed by atoms with Crippen LogP contribution in [-0.2, 0) is 0 Å². The van der Waals surface area contributed by atoms with Crippen molar-refractivity contribution < 1.29 is 0 Å². The van der Waals surface area contributed by atoms with Crippen molar-refractivity contribution in [1.29, 1.82) is 0 Å². The van der Waals surface area contributed by atoms with E-state index in [1.807, 2.05) is 7.05 Å². The lowest BCUT2D eigenvalue weighted by Crippen LogP contribution is -2.18. The minimum Gasteiger partial charge on any atom is -0.375 e. The van der Waals surface area contributed by atoms with Crippen LogP contribution in [0.25, 0.3) is 0 Å². The van der Waals surface area contributed by atoms with E-state index in [0.29, 0.717) is 6.04 Å². The predicted octanol–water partition coefficient (Wildman–Crippen LogP) is 3.20. The molecular weight excluding hydrogens is 196 g/mol. The van der Waals surface area contributed by atoms with Crippen molar-refractivity contribution in [2.24, 2.45) is 0 Å². The predicted molar refractivity (Wildman–Crippen MR) is 72.1 cm³/mol. The van der Waals surface area contributed by atoms with Gasteiger partial charge in [-0.25, -0.2) is 0 Å². The van der Waals surface area contributed by atoms with Gasteiger partial charge in [-0.05, 0) is 38.1 Å². The molecule has 0 aliphatic carbocycles. The molecule has 0 aromatic heterocycles. The van der Waals surface area contributed by atoms with Gasteiger partial charge in [0.05, 0.1) is 0 Å². The fourth-order valence-electron chi connectivity index (χ4n) is 1.71. The molecule has 90 valence electrons. The SMILES string of the molecule is CCCCN(C)c1ccc(C(C)NC)cc1. The molecule has 2 heteroatoms. The first-order valence-corrected chi connectivity index (χ1v) is 6.17. The van der Waals surface area contributed by atoms with E-state index in [0.717, 1.165) is 6.54 Å². The number of hydrogen-bond donors (Lipinski definition) is 1. The van der Waals surface area contributed by atoms with Gasteiger partial charge >= 0.3 is 0 Å². The molecule has 1 aromatic rings. The maximum absolute atomic E-state index is 3.25. The molecule has 0 saturated carbocycles. The molecule has 1 N–H and O–H groups in total. The topological polar surface area (TPSA) is 15.3 Å². The van der Waals surface area contributed by atoms with Gasteiger partial charge in [0.1, 0.15) is 0 Å². The lowest BCUT2D eigenvalue weighted by Gasteiger charge is -2.20. The van der Waals surface area contributed by atoms with Gasteiger partial charge in [0, 0.05) is 25.3 Å². The maximum atomic E-state index is 3.25. The van der Waals surface area contributed by atoms with Gasteiger partial charge in [-0.3, -0.25) is 0 Å². The molecule has 0 heterocycles. The van der Waals surface area contributed by atoms with Crippen molar-refractivity contribution >= 4 is 5.69 Å². The number of hydrogen-bond acceptors (Lipinski definition) is 2. The molecule has 1 rings (SSSR count). The van der Waals surface area contributed by atoms with Crippen molar-refractivity contribution in [3.8, 4) is 0 Å². The second-order valence-electron chi connectivity index (χ2n) is 4.38. The molecule has 0 aliphatic heterocycles. The number of nitrogens with zero attached hydrogens (tertiary/aromatic N) is 1. The van der Waals surface area contributed by atoms with Gasteiger partial charge in [0.2, 0.25) is 0 Å². The summed E-state index contributed by atoms with van der Waals surface area (Å²) >= 11 is 0. The van der Waals surface area contributed by atoms with Crippen LogP contribution in [-0.4, -0.2) is 20.6 Å². The van der Waals surface area contributed by atoms with Crippen LogP contribution >= 0.6 is 0 Å². The molecule has 1 aromatic carbocycles. The zero-order chi connectivity index (χ0) is 12.0. The summed E-state index contributed by atoms with van der Waals surface area (Å²) in [4.78, 5) is 2.32. The average Bonchev–Trinajstić information content (AvgIpc) is 2.35. The third-order valence-electron chi connectivity index (χ3n) is 3.11. The molecule has 0 spiro atoms. The Hall–Kier alpha value is -1.02. The second kappa shape index (κ2) is 6.54. The van der Waals surface area contributed by atoms with Crippen LogP contribution in [0.4, 0.5) is 5.69 Å². The first-order chi connectivity index (χ1) is 7.69. The Kier molecular flexibility index (Phi) is 5.33. The summed E-state index contributed by atoms with van der Waals surface area (Å²) in [5.74, 6) is 0. The van der Waals surface area contributed by atoms with E-state index >= 15 is 0 Å². The van der Waals surface area contributed by atoms with Gasteiger partial charge in [-0.1, -0.05) is 25.5 Å². The van der Waals surface area contributed by atoms with Crippen molar-refractivity contribution in [3.63, 3.8) is 0 Å². The van der Waals surface area contributed by atoms with Crippen LogP contribution in [0.1, 0.15) is 38.3 Å². The molecule has 1 atom stereocenters. The first kappa shape index (κ1) is 13.0. The summed E-state index contributed by atoms with van der Waals surface area (Å²) in [5.41, 5.74) is 2.65. The van der Waals surface area contributed by atoms with Gasteiger partial charge < -0.3 is 10.2 Å². The van der Waals surface area contributed by atoms with E-state index in [2.05, 4.69) is 55.4 Å². The molecule has 0 amide bonds. The van der Waals surface area contributed by atoms with Crippen LogP contribution in [0.5, 0.6) is 0 Å². The van der Waals surface area contributed by atoms with Crippen molar-refractivity contribution in [3.05, 3.63) is 29.8 Å². The Morgan fingerprint density at radius 1 is 1.25 bits per heavy atom. The van der Waals surface area contributed by atoms with E-state index in [-0.39, 0.29) is 0 Å². The van der Waals surface area contributed by atoms with Crippen molar-refractivity contribution in [2.75, 3.05) is 25.5 Å². The number of anilines is 1. The monoisotopic (exact) mass is 220 g/mol. The second-order valence-corrected chi connectivity index (χ2v) is 4.38. The van der Waals surface area contributed by atoms with Crippen molar-refractivity contribution in [1.82, 2.24) is 5.32 Å². The fourth-order valence-corrected chi connectivity index (χ4v) is 1.71. The summed E-state index contributed by atoms with van der Waals surface area (Å²) in [7, 11) is 4.15. The number of unbranched alkanes of at least 4 members (excludes halogenated alkanes) is 1. The van der Waals surface area contributed by atoms with Crippen LogP contribution in [0.3, 0.4) is 0 Å². The molecule has 0 fully saturated rings. The van der Waals surface area contributed by atoms with Gasteiger partial charge in [-0.15, -0.1) is 0 Å². The van der Waals surface area contributed by atoms with Crippen molar-refractivity contribution in [2.45, 2.75) is 32.7 Å². The van der Waals surface area contributed by atoms with Crippen LogP contribution < -0.4 is 10.2 Å². The molecule has 0 saturated heterocycles. The molecule has 1 unspecified atom stereocenters. The summed E-state index contributed by atoms with van der Waals surface area (Å²) in [6.45, 7) is 5.54. The number of rotatable bonds is 6. The highest BCUT2D eigenvalue weighted by atomic mass is 15.1. The van der Waals surface area contributed by atoms with E-state index in [4.69, 9.17) is 0 Å². The third kappa shape index (κ3) is 3.53. The Morgan fingerprint density at radius 2 is 1.88 bits per heavy atom. The number of benzene rings is 1. The van der Waals surface area contributed by atoms with Gasteiger partial charge in [0.15, 0.2) is 0 Å². The lowest BCUT2D eigenvalue weighted by molar-refractivity contribution is 0.652. The van der Waals surface area contributed by atoms with E-state index in [1.54, 1.807) is 0 Å². The maximum Gasteiger partial charge on any atom is 0.0363 e. The van der Waals surface area contributed by atoms with E-state index in [9.17, 15) is 0 Å².